The average Bonchev–Trinajstić information content (AvgIpc) is 3.53. The number of nitrogens with one attached hydrogen (secondary N) is 3. The first-order valence-corrected chi connectivity index (χ1v) is 15.6. The minimum absolute atomic E-state index is 0.181. The third-order valence-electron chi connectivity index (χ3n) is 5.32. The molecule has 0 radical (unpaired) electrons. The molecule has 1 aliphatic rings. The number of carbonyl (C=O) groups excluding carboxylic acids is 2. The van der Waals surface area contributed by atoms with Crippen LogP contribution in [0.5, 0.6) is 0 Å². The monoisotopic (exact) mass is 665 g/mol. The van der Waals surface area contributed by atoms with Crippen molar-refractivity contribution in [2.24, 2.45) is 0 Å². The van der Waals surface area contributed by atoms with Crippen molar-refractivity contribution in [3.8, 4) is 0 Å². The fourth-order valence-electron chi connectivity index (χ4n) is 3.47. The Labute approximate surface area is 236 Å². The largest absolute Gasteiger partial charge is 0.462 e. The highest BCUT2D eigenvalue weighted by atomic mass is 127. The second-order valence-electron chi connectivity index (χ2n) is 9.82. The predicted octanol–water partition coefficient (Wildman–Crippen LogP) is 3.03. The van der Waals surface area contributed by atoms with Crippen LogP contribution in [-0.2, 0) is 34.9 Å². The van der Waals surface area contributed by atoms with Gasteiger partial charge in [0.1, 0.15) is 18.4 Å². The summed E-state index contributed by atoms with van der Waals surface area (Å²) in [6.45, 7) is 10.6. The van der Waals surface area contributed by atoms with E-state index in [1.807, 2.05) is 4.57 Å². The Morgan fingerprint density at radius 3 is 2.16 bits per heavy atom. The SMILES string of the molecule is CC(C)OC(=O)C(C)NP(=O)(COCCn1cnc2c(NC3CC3)nc(I)nc21)NC(C)C(=O)OC(C)C. The first kappa shape index (κ1) is 30.7. The minimum Gasteiger partial charge on any atom is -0.462 e. The topological polar surface area (TPSA) is 159 Å². The van der Waals surface area contributed by atoms with Crippen LogP contribution < -0.4 is 15.5 Å². The van der Waals surface area contributed by atoms with Crippen molar-refractivity contribution in [1.29, 1.82) is 0 Å². The summed E-state index contributed by atoms with van der Waals surface area (Å²) in [4.78, 5) is 38.1. The molecule has 1 saturated carbocycles. The summed E-state index contributed by atoms with van der Waals surface area (Å²) in [5, 5.41) is 8.96. The normalized spacial score (nSPS) is 16.9. The van der Waals surface area contributed by atoms with Crippen molar-refractivity contribution in [3.05, 3.63) is 10.2 Å². The maximum absolute atomic E-state index is 13.8. The van der Waals surface area contributed by atoms with E-state index in [2.05, 4.69) is 53.0 Å². The van der Waals surface area contributed by atoms with Crippen LogP contribution >= 0.6 is 30.0 Å². The molecule has 15 heteroatoms. The van der Waals surface area contributed by atoms with Crippen molar-refractivity contribution in [2.75, 3.05) is 18.3 Å². The van der Waals surface area contributed by atoms with Gasteiger partial charge in [0.15, 0.2) is 20.8 Å². The van der Waals surface area contributed by atoms with Crippen molar-refractivity contribution in [3.63, 3.8) is 0 Å². The van der Waals surface area contributed by atoms with Crippen LogP contribution in [0.25, 0.3) is 11.2 Å². The van der Waals surface area contributed by atoms with Gasteiger partial charge in [-0.2, -0.15) is 0 Å². The number of hydrogen-bond acceptors (Lipinski definition) is 10. The Hall–Kier alpha value is -1.87. The van der Waals surface area contributed by atoms with E-state index in [1.165, 1.54) is 0 Å². The van der Waals surface area contributed by atoms with Gasteiger partial charge in [0.25, 0.3) is 0 Å². The molecule has 2 heterocycles. The molecule has 0 bridgehead atoms. The van der Waals surface area contributed by atoms with E-state index in [-0.39, 0.29) is 25.2 Å². The van der Waals surface area contributed by atoms with Gasteiger partial charge in [-0.1, -0.05) is 0 Å². The minimum atomic E-state index is -3.59. The number of anilines is 1. The lowest BCUT2D eigenvalue weighted by Crippen LogP contribution is -2.43. The second kappa shape index (κ2) is 13.5. The fraction of sp³-hybridized carbons (Fsp3) is 0.696. The molecule has 0 saturated heterocycles. The third kappa shape index (κ3) is 9.11. The zero-order valence-corrected chi connectivity index (χ0v) is 25.6. The average molecular weight is 665 g/mol. The van der Waals surface area contributed by atoms with E-state index < -0.39 is 31.5 Å². The molecule has 0 spiro atoms. The van der Waals surface area contributed by atoms with Crippen LogP contribution in [0.3, 0.4) is 0 Å². The lowest BCUT2D eigenvalue weighted by Gasteiger charge is -2.27. The van der Waals surface area contributed by atoms with Crippen LogP contribution in [0.2, 0.25) is 0 Å². The van der Waals surface area contributed by atoms with Gasteiger partial charge in [-0.25, -0.2) is 25.1 Å². The summed E-state index contributed by atoms with van der Waals surface area (Å²) in [6.07, 6.45) is 2.96. The highest BCUT2D eigenvalue weighted by Crippen LogP contribution is 2.38. The number of halogens is 1. The number of hydrogen-bond donors (Lipinski definition) is 3. The molecular weight excluding hydrogens is 628 g/mol. The van der Waals surface area contributed by atoms with Crippen molar-refractivity contribution in [1.82, 2.24) is 29.7 Å². The highest BCUT2D eigenvalue weighted by molar-refractivity contribution is 14.1. The molecule has 212 valence electrons. The number of imidazole rings is 1. The Balaban J connectivity index is 1.65. The van der Waals surface area contributed by atoms with Gasteiger partial charge in [-0.05, 0) is 54.4 Å². The Morgan fingerprint density at radius 1 is 1.05 bits per heavy atom. The molecule has 2 aromatic heterocycles. The van der Waals surface area contributed by atoms with Gasteiger partial charge in [-0.15, -0.1) is 0 Å². The Bertz CT molecular complexity index is 1140. The first-order chi connectivity index (χ1) is 17.9. The predicted molar refractivity (Wildman–Crippen MR) is 151 cm³/mol. The van der Waals surface area contributed by atoms with E-state index >= 15 is 0 Å². The lowest BCUT2D eigenvalue weighted by atomic mass is 10.4. The molecule has 0 aliphatic heterocycles. The molecule has 2 aromatic rings. The number of ether oxygens (including phenoxy) is 3. The standard InChI is InChI=1S/C23H37IN7O6P/c1-13(2)36-21(32)15(5)29-38(34,30-16(6)22(33)37-14(3)4)12-35-10-9-31-11-25-18-19(26-17-7-8-17)27-23(24)28-20(18)31/h11,13-17H,7-10,12H2,1-6H3,(H,26,27,28)(H2,29,30,34). The third-order valence-corrected chi connectivity index (χ3v) is 7.96. The number of carbonyl (C=O) groups is 2. The molecule has 2 atom stereocenters. The molecule has 1 aliphatic carbocycles. The molecule has 3 N–H and O–H groups in total. The second-order valence-corrected chi connectivity index (χ2v) is 13.0. The maximum Gasteiger partial charge on any atom is 0.323 e. The highest BCUT2D eigenvalue weighted by Gasteiger charge is 2.32. The quantitative estimate of drug-likeness (QED) is 0.0841. The van der Waals surface area contributed by atoms with E-state index in [0.717, 1.165) is 12.8 Å². The van der Waals surface area contributed by atoms with Crippen LogP contribution in [0, 0.1) is 3.83 Å². The summed E-state index contributed by atoms with van der Waals surface area (Å²) < 4.78 is 32.4. The number of aromatic nitrogens is 4. The zero-order chi connectivity index (χ0) is 28.0. The molecule has 1 fully saturated rings. The van der Waals surface area contributed by atoms with Gasteiger partial charge < -0.3 is 24.1 Å². The number of esters is 2. The molecule has 0 amide bonds. The van der Waals surface area contributed by atoms with Crippen LogP contribution in [0.4, 0.5) is 5.82 Å². The Morgan fingerprint density at radius 2 is 1.63 bits per heavy atom. The zero-order valence-electron chi connectivity index (χ0n) is 22.6. The van der Waals surface area contributed by atoms with E-state index in [0.29, 0.717) is 33.4 Å². The van der Waals surface area contributed by atoms with Gasteiger partial charge >= 0.3 is 11.9 Å². The number of nitrogens with zero attached hydrogens (tertiary/aromatic N) is 4. The molecule has 3 rings (SSSR count). The summed E-state index contributed by atoms with van der Waals surface area (Å²) in [6, 6.07) is -1.38. The van der Waals surface area contributed by atoms with Crippen LogP contribution in [0.1, 0.15) is 54.4 Å². The summed E-state index contributed by atoms with van der Waals surface area (Å²) in [5.41, 5.74) is 1.35. The smallest absolute Gasteiger partial charge is 0.323 e. The van der Waals surface area contributed by atoms with Gasteiger partial charge in [0, 0.05) is 35.2 Å². The van der Waals surface area contributed by atoms with E-state index in [4.69, 9.17) is 14.2 Å². The lowest BCUT2D eigenvalue weighted by molar-refractivity contribution is -0.149. The van der Waals surface area contributed by atoms with Crippen molar-refractivity contribution < 1.29 is 28.4 Å². The van der Waals surface area contributed by atoms with Gasteiger partial charge in [0.05, 0.1) is 25.1 Å². The summed E-state index contributed by atoms with van der Waals surface area (Å²) in [7, 11) is -3.59. The first-order valence-electron chi connectivity index (χ1n) is 12.6. The molecule has 13 nitrogen and oxygen atoms in total. The van der Waals surface area contributed by atoms with E-state index in [1.54, 1.807) is 47.9 Å². The van der Waals surface area contributed by atoms with Gasteiger partial charge in [-0.3, -0.25) is 14.2 Å². The summed E-state index contributed by atoms with van der Waals surface area (Å²) in [5.74, 6) is -0.410. The maximum atomic E-state index is 13.8. The Kier molecular flexibility index (Phi) is 10.9. The summed E-state index contributed by atoms with van der Waals surface area (Å²) >= 11 is 2.07. The van der Waals surface area contributed by atoms with Gasteiger partial charge in [0.2, 0.25) is 7.44 Å². The van der Waals surface area contributed by atoms with Crippen molar-refractivity contribution in [2.45, 2.75) is 91.3 Å². The van der Waals surface area contributed by atoms with Crippen LogP contribution in [0.15, 0.2) is 6.33 Å². The number of fused-ring (bicyclic) bond motifs is 1. The number of rotatable bonds is 15. The molecular formula is C23H37IN7O6P. The molecule has 0 aromatic carbocycles. The molecule has 2 unspecified atom stereocenters. The van der Waals surface area contributed by atoms with E-state index in [9.17, 15) is 14.2 Å². The fourth-order valence-corrected chi connectivity index (χ4v) is 6.01. The van der Waals surface area contributed by atoms with Crippen molar-refractivity contribution >= 4 is 59.0 Å². The molecule has 38 heavy (non-hydrogen) atoms. The van der Waals surface area contributed by atoms with Crippen LogP contribution in [-0.4, -0.2) is 74.7 Å².